The Morgan fingerprint density at radius 3 is 2.67 bits per heavy atom. The average Bonchev–Trinajstić information content (AvgIpc) is 3.15. The molecule has 0 saturated heterocycles. The lowest BCUT2D eigenvalue weighted by molar-refractivity contribution is 0.0950. The van der Waals surface area contributed by atoms with Crippen LogP contribution in [-0.2, 0) is 13.1 Å². The molecule has 27 heavy (non-hydrogen) atoms. The lowest BCUT2D eigenvalue weighted by Crippen LogP contribution is -2.22. The summed E-state index contributed by atoms with van der Waals surface area (Å²) in [5, 5.41) is 4.13. The molecule has 2 aromatic heterocycles. The molecule has 0 aliphatic heterocycles. The molecule has 0 spiro atoms. The van der Waals surface area contributed by atoms with E-state index in [-0.39, 0.29) is 5.91 Å². The highest BCUT2D eigenvalue weighted by atomic mass is 32.1. The van der Waals surface area contributed by atoms with Gasteiger partial charge in [-0.3, -0.25) is 9.78 Å². The van der Waals surface area contributed by atoms with E-state index >= 15 is 0 Å². The van der Waals surface area contributed by atoms with Crippen molar-refractivity contribution < 1.29 is 4.79 Å². The van der Waals surface area contributed by atoms with E-state index < -0.39 is 0 Å². The first kappa shape index (κ1) is 17.4. The molecule has 0 radical (unpaired) electrons. The van der Waals surface area contributed by atoms with E-state index in [0.29, 0.717) is 18.7 Å². The van der Waals surface area contributed by atoms with Crippen molar-refractivity contribution in [3.05, 3.63) is 89.1 Å². The maximum absolute atomic E-state index is 12.5. The van der Waals surface area contributed by atoms with Crippen LogP contribution in [0.1, 0.15) is 20.8 Å². The second kappa shape index (κ2) is 7.70. The highest BCUT2D eigenvalue weighted by Crippen LogP contribution is 2.30. The molecule has 0 aliphatic carbocycles. The molecule has 0 bridgehead atoms. The number of hydrogen-bond donors (Lipinski definition) is 2. The van der Waals surface area contributed by atoms with Crippen LogP contribution in [-0.4, -0.2) is 10.9 Å². The third-order valence-corrected chi connectivity index (χ3v) is 5.52. The van der Waals surface area contributed by atoms with E-state index in [0.717, 1.165) is 21.6 Å². The Kier molecular flexibility index (Phi) is 4.96. The van der Waals surface area contributed by atoms with Gasteiger partial charge < -0.3 is 11.1 Å². The van der Waals surface area contributed by atoms with Gasteiger partial charge in [-0.15, -0.1) is 11.3 Å². The molecule has 134 valence electrons. The van der Waals surface area contributed by atoms with E-state index in [1.54, 1.807) is 23.7 Å². The Labute approximate surface area is 161 Å². The summed E-state index contributed by atoms with van der Waals surface area (Å²) in [5.74, 6) is -0.129. The molecule has 4 aromatic rings. The number of carbonyl (C=O) groups is 1. The summed E-state index contributed by atoms with van der Waals surface area (Å²) in [6.07, 6.45) is 3.38. The first-order chi connectivity index (χ1) is 13.2. The fraction of sp³-hybridized carbons (Fsp3) is 0.0909. The third kappa shape index (κ3) is 3.89. The smallest absolute Gasteiger partial charge is 0.253 e. The van der Waals surface area contributed by atoms with E-state index in [1.165, 1.54) is 10.1 Å². The largest absolute Gasteiger partial charge is 0.348 e. The second-order valence-electron chi connectivity index (χ2n) is 6.30. The van der Waals surface area contributed by atoms with Gasteiger partial charge in [0.05, 0.1) is 5.56 Å². The summed E-state index contributed by atoms with van der Waals surface area (Å²) in [5.41, 5.74) is 9.32. The number of carbonyl (C=O) groups excluding carboxylic acids is 1. The van der Waals surface area contributed by atoms with Crippen LogP contribution >= 0.6 is 11.3 Å². The summed E-state index contributed by atoms with van der Waals surface area (Å²) >= 11 is 1.70. The summed E-state index contributed by atoms with van der Waals surface area (Å²) in [4.78, 5) is 17.9. The van der Waals surface area contributed by atoms with Gasteiger partial charge in [-0.05, 0) is 34.7 Å². The minimum Gasteiger partial charge on any atom is -0.348 e. The fourth-order valence-corrected chi connectivity index (χ4v) is 3.95. The number of pyridine rings is 1. The molecule has 2 heterocycles. The van der Waals surface area contributed by atoms with Crippen molar-refractivity contribution in [1.29, 1.82) is 0 Å². The Balaban J connectivity index is 1.55. The summed E-state index contributed by atoms with van der Waals surface area (Å²) < 4.78 is 1.19. The van der Waals surface area contributed by atoms with Crippen LogP contribution in [0, 0.1) is 0 Å². The second-order valence-corrected chi connectivity index (χ2v) is 7.47. The molecule has 1 amide bonds. The van der Waals surface area contributed by atoms with Gasteiger partial charge in [-0.25, -0.2) is 0 Å². The van der Waals surface area contributed by atoms with Gasteiger partial charge >= 0.3 is 0 Å². The number of nitrogens with two attached hydrogens (primary N) is 1. The van der Waals surface area contributed by atoms with Crippen LogP contribution in [0.25, 0.3) is 21.2 Å². The van der Waals surface area contributed by atoms with Crippen molar-refractivity contribution >= 4 is 27.3 Å². The van der Waals surface area contributed by atoms with Crippen molar-refractivity contribution in [2.75, 3.05) is 0 Å². The van der Waals surface area contributed by atoms with Crippen molar-refractivity contribution in [3.8, 4) is 11.1 Å². The number of nitrogens with zero attached hydrogens (tertiary/aromatic N) is 1. The van der Waals surface area contributed by atoms with Gasteiger partial charge in [0.25, 0.3) is 5.91 Å². The predicted molar refractivity (Wildman–Crippen MR) is 111 cm³/mol. The average molecular weight is 373 g/mol. The Hall–Kier alpha value is -3.02. The van der Waals surface area contributed by atoms with Crippen molar-refractivity contribution in [3.63, 3.8) is 0 Å². The van der Waals surface area contributed by atoms with Gasteiger partial charge in [0.2, 0.25) is 0 Å². The quantitative estimate of drug-likeness (QED) is 0.546. The van der Waals surface area contributed by atoms with E-state index in [2.05, 4.69) is 34.6 Å². The van der Waals surface area contributed by atoms with Crippen LogP contribution in [0.15, 0.2) is 73.1 Å². The summed E-state index contributed by atoms with van der Waals surface area (Å²) in [6.45, 7) is 1.04. The number of thiophene rings is 1. The number of amides is 1. The first-order valence-corrected chi connectivity index (χ1v) is 9.54. The van der Waals surface area contributed by atoms with Gasteiger partial charge in [0, 0.05) is 40.6 Å². The number of nitrogens with one attached hydrogen (secondary N) is 1. The highest BCUT2D eigenvalue weighted by molar-refractivity contribution is 7.19. The van der Waals surface area contributed by atoms with Crippen molar-refractivity contribution in [2.24, 2.45) is 5.73 Å². The monoisotopic (exact) mass is 373 g/mol. The van der Waals surface area contributed by atoms with Crippen molar-refractivity contribution in [2.45, 2.75) is 13.1 Å². The number of aromatic nitrogens is 1. The van der Waals surface area contributed by atoms with Gasteiger partial charge in [0.1, 0.15) is 0 Å². The molecule has 3 N–H and O–H groups in total. The standard InChI is InChI=1S/C22H19N3OS/c23-11-20-9-17-7-6-16(10-21(17)27-20)18-8-19(14-24-13-18)22(26)25-12-15-4-2-1-3-5-15/h1-10,13-14H,11-12,23H2,(H,25,26). The normalized spacial score (nSPS) is 10.9. The molecule has 0 atom stereocenters. The molecule has 4 nitrogen and oxygen atoms in total. The number of fused-ring (bicyclic) bond motifs is 1. The maximum Gasteiger partial charge on any atom is 0.253 e. The predicted octanol–water partition coefficient (Wildman–Crippen LogP) is 4.35. The fourth-order valence-electron chi connectivity index (χ4n) is 2.97. The SMILES string of the molecule is NCc1cc2ccc(-c3cncc(C(=O)NCc4ccccc4)c3)cc2s1. The number of benzene rings is 2. The summed E-state index contributed by atoms with van der Waals surface area (Å²) in [6, 6.07) is 20.1. The van der Waals surface area contributed by atoms with E-state index in [9.17, 15) is 4.79 Å². The molecule has 0 fully saturated rings. The molecule has 0 unspecified atom stereocenters. The summed E-state index contributed by atoms with van der Waals surface area (Å²) in [7, 11) is 0. The van der Waals surface area contributed by atoms with Crippen molar-refractivity contribution in [1.82, 2.24) is 10.3 Å². The van der Waals surface area contributed by atoms with E-state index in [4.69, 9.17) is 5.73 Å². The number of hydrogen-bond acceptors (Lipinski definition) is 4. The highest BCUT2D eigenvalue weighted by Gasteiger charge is 2.09. The number of rotatable bonds is 5. The zero-order valence-electron chi connectivity index (χ0n) is 14.7. The minimum absolute atomic E-state index is 0.129. The van der Waals surface area contributed by atoms with Crippen LogP contribution in [0.5, 0.6) is 0 Å². The van der Waals surface area contributed by atoms with Crippen LogP contribution in [0.2, 0.25) is 0 Å². The van der Waals surface area contributed by atoms with Crippen LogP contribution < -0.4 is 11.1 Å². The van der Waals surface area contributed by atoms with Gasteiger partial charge in [0.15, 0.2) is 0 Å². The molecular weight excluding hydrogens is 354 g/mol. The minimum atomic E-state index is -0.129. The molecular formula is C22H19N3OS. The zero-order chi connectivity index (χ0) is 18.6. The maximum atomic E-state index is 12.5. The third-order valence-electron chi connectivity index (χ3n) is 4.40. The van der Waals surface area contributed by atoms with Gasteiger partial charge in [-0.1, -0.05) is 42.5 Å². The molecule has 2 aromatic carbocycles. The Morgan fingerprint density at radius 1 is 1.00 bits per heavy atom. The zero-order valence-corrected chi connectivity index (χ0v) is 15.5. The first-order valence-electron chi connectivity index (χ1n) is 8.73. The van der Waals surface area contributed by atoms with Gasteiger partial charge in [-0.2, -0.15) is 0 Å². The Morgan fingerprint density at radius 2 is 1.85 bits per heavy atom. The molecule has 5 heteroatoms. The molecule has 0 saturated carbocycles. The lowest BCUT2D eigenvalue weighted by Gasteiger charge is -2.07. The van der Waals surface area contributed by atoms with E-state index in [1.807, 2.05) is 36.4 Å². The topological polar surface area (TPSA) is 68.0 Å². The van der Waals surface area contributed by atoms with Crippen LogP contribution in [0.4, 0.5) is 0 Å². The molecule has 4 rings (SSSR count). The molecule has 0 aliphatic rings. The van der Waals surface area contributed by atoms with Crippen LogP contribution in [0.3, 0.4) is 0 Å². The lowest BCUT2D eigenvalue weighted by atomic mass is 10.0. The Bertz CT molecular complexity index is 1090.